The first-order chi connectivity index (χ1) is 14.1. The Morgan fingerprint density at radius 1 is 0.897 bits per heavy atom. The highest BCUT2D eigenvalue weighted by Crippen LogP contribution is 2.37. The molecule has 1 atom stereocenters. The van der Waals surface area contributed by atoms with E-state index in [-0.39, 0.29) is 0 Å². The standard InChI is InChI=1S/C24H33NO4/c1-17(2)5-7-19(20-8-10-22-24(14-20)29-16-28-22)11-12-25-15-18-6-9-21(26-3)23(13-18)27-4/h6,8-10,13-14,17,19,25H,5,7,11-12,15-16H2,1-4H3/p+1/t19-/m1/s1. The fourth-order valence-corrected chi connectivity index (χ4v) is 3.77. The average molecular weight is 401 g/mol. The van der Waals surface area contributed by atoms with E-state index < -0.39 is 0 Å². The Balaban J connectivity index is 1.57. The van der Waals surface area contributed by atoms with Crippen molar-refractivity contribution in [2.75, 3.05) is 27.6 Å². The monoisotopic (exact) mass is 400 g/mol. The summed E-state index contributed by atoms with van der Waals surface area (Å²) in [5.41, 5.74) is 2.60. The van der Waals surface area contributed by atoms with Crippen LogP contribution in [-0.4, -0.2) is 27.6 Å². The molecule has 0 bridgehead atoms. The molecule has 0 aliphatic carbocycles. The Morgan fingerprint density at radius 2 is 1.69 bits per heavy atom. The quantitative estimate of drug-likeness (QED) is 0.577. The SMILES string of the molecule is COc1ccc(C[NH2+]CC[C@@H](CCC(C)C)c2ccc3c(c2)OCO3)cc1OC. The minimum Gasteiger partial charge on any atom is -0.493 e. The van der Waals surface area contributed by atoms with E-state index in [0.717, 1.165) is 42.5 Å². The molecule has 5 heteroatoms. The number of rotatable bonds is 11. The van der Waals surface area contributed by atoms with Gasteiger partial charge in [0.2, 0.25) is 6.79 Å². The first kappa shape index (κ1) is 21.3. The van der Waals surface area contributed by atoms with E-state index in [2.05, 4.69) is 43.4 Å². The minimum atomic E-state index is 0.328. The van der Waals surface area contributed by atoms with Crippen molar-refractivity contribution in [3.63, 3.8) is 0 Å². The van der Waals surface area contributed by atoms with E-state index >= 15 is 0 Å². The van der Waals surface area contributed by atoms with Crippen LogP contribution in [0.2, 0.25) is 0 Å². The molecule has 3 rings (SSSR count). The maximum atomic E-state index is 5.59. The topological polar surface area (TPSA) is 53.5 Å². The zero-order chi connectivity index (χ0) is 20.6. The molecule has 2 aromatic carbocycles. The maximum Gasteiger partial charge on any atom is 0.231 e. The number of hydrogen-bond acceptors (Lipinski definition) is 4. The van der Waals surface area contributed by atoms with Crippen LogP contribution in [0.5, 0.6) is 23.0 Å². The molecular formula is C24H34NO4+. The van der Waals surface area contributed by atoms with E-state index in [1.54, 1.807) is 14.2 Å². The highest BCUT2D eigenvalue weighted by Gasteiger charge is 2.19. The lowest BCUT2D eigenvalue weighted by atomic mass is 9.88. The molecule has 158 valence electrons. The molecule has 0 unspecified atom stereocenters. The lowest BCUT2D eigenvalue weighted by Crippen LogP contribution is -2.82. The summed E-state index contributed by atoms with van der Waals surface area (Å²) >= 11 is 0. The highest BCUT2D eigenvalue weighted by atomic mass is 16.7. The van der Waals surface area contributed by atoms with Crippen LogP contribution >= 0.6 is 0 Å². The highest BCUT2D eigenvalue weighted by molar-refractivity contribution is 5.45. The zero-order valence-electron chi connectivity index (χ0n) is 18.1. The van der Waals surface area contributed by atoms with Gasteiger partial charge in [0.1, 0.15) is 6.54 Å². The van der Waals surface area contributed by atoms with Gasteiger partial charge in [-0.3, -0.25) is 0 Å². The van der Waals surface area contributed by atoms with E-state index in [9.17, 15) is 0 Å². The molecule has 2 aromatic rings. The number of hydrogen-bond donors (Lipinski definition) is 1. The third kappa shape index (κ3) is 5.80. The third-order valence-electron chi connectivity index (χ3n) is 5.51. The number of methoxy groups -OCH3 is 2. The van der Waals surface area contributed by atoms with Gasteiger partial charge in [-0.05, 0) is 54.2 Å². The van der Waals surface area contributed by atoms with Gasteiger partial charge in [0.15, 0.2) is 23.0 Å². The maximum absolute atomic E-state index is 5.59. The lowest BCUT2D eigenvalue weighted by Gasteiger charge is -2.18. The van der Waals surface area contributed by atoms with Crippen LogP contribution in [0.25, 0.3) is 0 Å². The van der Waals surface area contributed by atoms with E-state index in [0.29, 0.717) is 18.6 Å². The molecule has 0 spiro atoms. The normalized spacial score (nSPS) is 13.6. The van der Waals surface area contributed by atoms with Gasteiger partial charge in [-0.2, -0.15) is 0 Å². The summed E-state index contributed by atoms with van der Waals surface area (Å²) in [6.45, 7) is 6.91. The molecule has 1 aliphatic heterocycles. The Labute approximate surface area is 174 Å². The molecular weight excluding hydrogens is 366 g/mol. The van der Waals surface area contributed by atoms with Gasteiger partial charge in [-0.15, -0.1) is 0 Å². The lowest BCUT2D eigenvalue weighted by molar-refractivity contribution is -0.671. The van der Waals surface area contributed by atoms with E-state index in [1.807, 2.05) is 12.1 Å². The molecule has 0 aromatic heterocycles. The molecule has 2 N–H and O–H groups in total. The average Bonchev–Trinajstić information content (AvgIpc) is 3.20. The summed E-state index contributed by atoms with van der Waals surface area (Å²) in [6.07, 6.45) is 3.57. The molecule has 29 heavy (non-hydrogen) atoms. The Morgan fingerprint density at radius 3 is 2.45 bits per heavy atom. The van der Waals surface area contributed by atoms with Crippen LogP contribution in [-0.2, 0) is 6.54 Å². The van der Waals surface area contributed by atoms with Crippen LogP contribution < -0.4 is 24.3 Å². The number of fused-ring (bicyclic) bond motifs is 1. The first-order valence-electron chi connectivity index (χ1n) is 10.5. The predicted octanol–water partition coefficient (Wildman–Crippen LogP) is 4.11. The predicted molar refractivity (Wildman–Crippen MR) is 114 cm³/mol. The second kappa shape index (κ2) is 10.4. The van der Waals surface area contributed by atoms with Crippen LogP contribution in [0.15, 0.2) is 36.4 Å². The summed E-state index contributed by atoms with van der Waals surface area (Å²) in [5, 5.41) is 2.37. The first-order valence-corrected chi connectivity index (χ1v) is 10.5. The van der Waals surface area contributed by atoms with Crippen molar-refractivity contribution in [2.24, 2.45) is 5.92 Å². The number of ether oxygens (including phenoxy) is 4. The van der Waals surface area contributed by atoms with Crippen molar-refractivity contribution < 1.29 is 24.3 Å². The fourth-order valence-electron chi connectivity index (χ4n) is 3.77. The molecule has 5 nitrogen and oxygen atoms in total. The van der Waals surface area contributed by atoms with Gasteiger partial charge in [0, 0.05) is 12.0 Å². The second-order valence-corrected chi connectivity index (χ2v) is 8.04. The molecule has 1 aliphatic rings. The molecule has 0 saturated carbocycles. The summed E-state index contributed by atoms with van der Waals surface area (Å²) in [4.78, 5) is 0. The van der Waals surface area contributed by atoms with E-state index in [1.165, 1.54) is 24.0 Å². The number of quaternary nitrogens is 1. The van der Waals surface area contributed by atoms with Crippen molar-refractivity contribution in [1.82, 2.24) is 0 Å². The van der Waals surface area contributed by atoms with Crippen molar-refractivity contribution in [2.45, 2.75) is 45.6 Å². The third-order valence-corrected chi connectivity index (χ3v) is 5.51. The number of benzene rings is 2. The van der Waals surface area contributed by atoms with Crippen LogP contribution in [0.3, 0.4) is 0 Å². The Kier molecular flexibility index (Phi) is 7.64. The molecule has 0 amide bonds. The molecule has 0 saturated heterocycles. The summed E-state index contributed by atoms with van der Waals surface area (Å²) in [7, 11) is 3.34. The Bertz CT molecular complexity index is 790. The van der Waals surface area contributed by atoms with Gasteiger partial charge < -0.3 is 24.3 Å². The largest absolute Gasteiger partial charge is 0.493 e. The summed E-state index contributed by atoms with van der Waals surface area (Å²) in [6, 6.07) is 12.6. The smallest absolute Gasteiger partial charge is 0.231 e. The van der Waals surface area contributed by atoms with Crippen molar-refractivity contribution in [3.8, 4) is 23.0 Å². The molecule has 0 radical (unpaired) electrons. The van der Waals surface area contributed by atoms with Crippen LogP contribution in [0.4, 0.5) is 0 Å². The van der Waals surface area contributed by atoms with Crippen molar-refractivity contribution >= 4 is 0 Å². The van der Waals surface area contributed by atoms with Crippen molar-refractivity contribution in [3.05, 3.63) is 47.5 Å². The van der Waals surface area contributed by atoms with Gasteiger partial charge in [-0.25, -0.2) is 0 Å². The molecule has 0 fully saturated rings. The molecule has 1 heterocycles. The zero-order valence-corrected chi connectivity index (χ0v) is 18.1. The van der Waals surface area contributed by atoms with Crippen LogP contribution in [0, 0.1) is 5.92 Å². The van der Waals surface area contributed by atoms with Crippen molar-refractivity contribution in [1.29, 1.82) is 0 Å². The summed E-state index contributed by atoms with van der Waals surface area (Å²) in [5.74, 6) is 4.54. The van der Waals surface area contributed by atoms with Crippen LogP contribution in [0.1, 0.15) is 50.2 Å². The van der Waals surface area contributed by atoms with Gasteiger partial charge in [-0.1, -0.05) is 26.3 Å². The Hall–Kier alpha value is -2.40. The second-order valence-electron chi connectivity index (χ2n) is 8.04. The fraction of sp³-hybridized carbons (Fsp3) is 0.500. The summed E-state index contributed by atoms with van der Waals surface area (Å²) < 4.78 is 21.8. The van der Waals surface area contributed by atoms with E-state index in [4.69, 9.17) is 18.9 Å². The number of nitrogens with two attached hydrogens (primary N) is 1. The van der Waals surface area contributed by atoms with Gasteiger partial charge >= 0.3 is 0 Å². The van der Waals surface area contributed by atoms with Gasteiger partial charge in [0.25, 0.3) is 0 Å². The minimum absolute atomic E-state index is 0.328. The van der Waals surface area contributed by atoms with Gasteiger partial charge in [0.05, 0.1) is 20.8 Å².